The third kappa shape index (κ3) is 2.72. The fourth-order valence-electron chi connectivity index (χ4n) is 3.14. The van der Waals surface area contributed by atoms with E-state index < -0.39 is 5.60 Å². The molecular formula is C16H24N2O2S. The number of hydrogen-bond donors (Lipinski definition) is 1. The number of thioether (sulfide) groups is 1. The van der Waals surface area contributed by atoms with Gasteiger partial charge in [0.2, 0.25) is 0 Å². The van der Waals surface area contributed by atoms with Gasteiger partial charge < -0.3 is 9.84 Å². The van der Waals surface area contributed by atoms with E-state index in [1.54, 1.807) is 0 Å². The Bertz CT molecular complexity index is 502. The van der Waals surface area contributed by atoms with E-state index in [-0.39, 0.29) is 4.75 Å². The monoisotopic (exact) mass is 308 g/mol. The number of hydrogen-bond acceptors (Lipinski definition) is 5. The van der Waals surface area contributed by atoms with Crippen molar-refractivity contribution in [3.63, 3.8) is 0 Å². The van der Waals surface area contributed by atoms with Gasteiger partial charge in [0.05, 0.1) is 11.4 Å². The van der Waals surface area contributed by atoms with Gasteiger partial charge in [0, 0.05) is 43.4 Å². The van der Waals surface area contributed by atoms with Gasteiger partial charge in [-0.2, -0.15) is 0 Å². The summed E-state index contributed by atoms with van der Waals surface area (Å²) in [7, 11) is 0. The van der Waals surface area contributed by atoms with Crippen molar-refractivity contribution >= 4 is 11.8 Å². The molecule has 21 heavy (non-hydrogen) atoms. The largest absolute Gasteiger partial charge is 0.386 e. The van der Waals surface area contributed by atoms with Crippen LogP contribution in [0.5, 0.6) is 0 Å². The molecule has 1 aromatic rings. The summed E-state index contributed by atoms with van der Waals surface area (Å²) in [4.78, 5) is 6.82. The first-order chi connectivity index (χ1) is 9.94. The Morgan fingerprint density at radius 3 is 2.90 bits per heavy atom. The van der Waals surface area contributed by atoms with Crippen LogP contribution in [0, 0.1) is 6.92 Å². The van der Waals surface area contributed by atoms with Crippen LogP contribution in [-0.2, 0) is 4.74 Å². The van der Waals surface area contributed by atoms with Crippen LogP contribution in [0.2, 0.25) is 0 Å². The van der Waals surface area contributed by atoms with E-state index in [0.717, 1.165) is 24.5 Å². The van der Waals surface area contributed by atoms with Crippen molar-refractivity contribution in [3.05, 3.63) is 29.6 Å². The molecule has 1 unspecified atom stereocenters. The first-order valence-electron chi connectivity index (χ1n) is 7.54. The van der Waals surface area contributed by atoms with Gasteiger partial charge in [-0.25, -0.2) is 0 Å². The lowest BCUT2D eigenvalue weighted by Gasteiger charge is -2.38. The van der Waals surface area contributed by atoms with Crippen molar-refractivity contribution in [1.82, 2.24) is 9.88 Å². The van der Waals surface area contributed by atoms with Crippen molar-refractivity contribution in [2.45, 2.75) is 43.6 Å². The minimum atomic E-state index is -0.697. The van der Waals surface area contributed by atoms with Crippen LogP contribution < -0.4 is 0 Å². The first kappa shape index (κ1) is 15.3. The summed E-state index contributed by atoms with van der Waals surface area (Å²) in [6, 6.07) is 4.53. The molecule has 0 radical (unpaired) electrons. The van der Waals surface area contributed by atoms with Crippen LogP contribution in [0.15, 0.2) is 18.3 Å². The minimum absolute atomic E-state index is 0.157. The standard InChI is InChI=1S/C16H24N2O2S/c1-12-4-5-14(8-17-12)13(2)18-9-15(3,21-11-18)16(19)6-7-20-10-16/h4-5,8,13,19H,6-7,9-11H2,1-3H3/t13-,15?,16+/m1/s1. The second-order valence-corrected chi connectivity index (χ2v) is 7.94. The van der Waals surface area contributed by atoms with Crippen molar-refractivity contribution in [2.24, 2.45) is 0 Å². The molecule has 2 aliphatic heterocycles. The van der Waals surface area contributed by atoms with Gasteiger partial charge in [0.25, 0.3) is 0 Å². The van der Waals surface area contributed by atoms with Gasteiger partial charge in [0.15, 0.2) is 0 Å². The predicted molar refractivity (Wildman–Crippen MR) is 85.3 cm³/mol. The maximum absolute atomic E-state index is 10.9. The zero-order chi connectivity index (χ0) is 15.1. The highest BCUT2D eigenvalue weighted by atomic mass is 32.2. The molecule has 2 aliphatic rings. The number of aryl methyl sites for hydroxylation is 1. The second kappa shape index (κ2) is 5.54. The minimum Gasteiger partial charge on any atom is -0.386 e. The van der Waals surface area contributed by atoms with Crippen molar-refractivity contribution in [2.75, 3.05) is 25.6 Å². The van der Waals surface area contributed by atoms with Crippen molar-refractivity contribution < 1.29 is 9.84 Å². The van der Waals surface area contributed by atoms with Gasteiger partial charge in [-0.15, -0.1) is 11.8 Å². The normalized spacial score (nSPS) is 35.2. The Labute approximate surface area is 130 Å². The molecule has 5 heteroatoms. The van der Waals surface area contributed by atoms with Crippen LogP contribution in [0.4, 0.5) is 0 Å². The maximum Gasteiger partial charge on any atom is 0.106 e. The van der Waals surface area contributed by atoms with Gasteiger partial charge in [-0.1, -0.05) is 6.07 Å². The third-order valence-electron chi connectivity index (χ3n) is 5.00. The lowest BCUT2D eigenvalue weighted by Crippen LogP contribution is -2.52. The molecule has 0 bridgehead atoms. The highest BCUT2D eigenvalue weighted by Gasteiger charge is 2.53. The summed E-state index contributed by atoms with van der Waals surface area (Å²) in [6.45, 7) is 8.41. The number of aromatic nitrogens is 1. The number of aliphatic hydroxyl groups is 1. The van der Waals surface area contributed by atoms with Gasteiger partial charge >= 0.3 is 0 Å². The smallest absolute Gasteiger partial charge is 0.106 e. The SMILES string of the molecule is Cc1ccc([C@@H](C)N2CSC(C)([C@]3(O)CCOC3)C2)cn1. The molecule has 3 rings (SSSR count). The predicted octanol–water partition coefficient (Wildman–Crippen LogP) is 2.37. The van der Waals surface area contributed by atoms with E-state index >= 15 is 0 Å². The maximum atomic E-state index is 10.9. The molecular weight excluding hydrogens is 284 g/mol. The average Bonchev–Trinajstić information content (AvgIpc) is 3.08. The molecule has 3 heterocycles. The Morgan fingerprint density at radius 2 is 2.29 bits per heavy atom. The van der Waals surface area contributed by atoms with E-state index in [1.807, 2.05) is 24.9 Å². The molecule has 3 atom stereocenters. The fraction of sp³-hybridized carbons (Fsp3) is 0.688. The number of pyridine rings is 1. The molecule has 0 aliphatic carbocycles. The lowest BCUT2D eigenvalue weighted by atomic mass is 9.86. The summed E-state index contributed by atoms with van der Waals surface area (Å²) in [5, 5.41) is 10.9. The second-order valence-electron chi connectivity index (χ2n) is 6.49. The zero-order valence-electron chi connectivity index (χ0n) is 13.0. The average molecular weight is 308 g/mol. The van der Waals surface area contributed by atoms with Crippen LogP contribution >= 0.6 is 11.8 Å². The molecule has 2 saturated heterocycles. The topological polar surface area (TPSA) is 45.6 Å². The van der Waals surface area contributed by atoms with Crippen molar-refractivity contribution in [3.8, 4) is 0 Å². The quantitative estimate of drug-likeness (QED) is 0.929. The first-order valence-corrected chi connectivity index (χ1v) is 8.53. The van der Waals surface area contributed by atoms with Gasteiger partial charge in [-0.05, 0) is 32.4 Å². The third-order valence-corrected chi connectivity index (χ3v) is 6.61. The van der Waals surface area contributed by atoms with Crippen LogP contribution in [-0.4, -0.2) is 51.0 Å². The Morgan fingerprint density at radius 1 is 1.48 bits per heavy atom. The molecule has 1 N–H and O–H groups in total. The van der Waals surface area contributed by atoms with Crippen LogP contribution in [0.1, 0.15) is 37.6 Å². The van der Waals surface area contributed by atoms with E-state index in [1.165, 1.54) is 5.56 Å². The highest BCUT2D eigenvalue weighted by molar-refractivity contribution is 8.00. The van der Waals surface area contributed by atoms with Crippen LogP contribution in [0.25, 0.3) is 0 Å². The summed E-state index contributed by atoms with van der Waals surface area (Å²) in [5.74, 6) is 0.938. The lowest BCUT2D eigenvalue weighted by molar-refractivity contribution is -0.00994. The Hall–Kier alpha value is -0.620. The summed E-state index contributed by atoms with van der Waals surface area (Å²) >= 11 is 1.85. The summed E-state index contributed by atoms with van der Waals surface area (Å²) in [5.41, 5.74) is 1.58. The van der Waals surface area contributed by atoms with E-state index in [9.17, 15) is 5.11 Å². The van der Waals surface area contributed by atoms with E-state index in [4.69, 9.17) is 4.74 Å². The summed E-state index contributed by atoms with van der Waals surface area (Å²) < 4.78 is 5.28. The molecule has 4 nitrogen and oxygen atoms in total. The number of nitrogens with zero attached hydrogens (tertiary/aromatic N) is 2. The molecule has 0 spiro atoms. The molecule has 0 aromatic carbocycles. The van der Waals surface area contributed by atoms with E-state index in [0.29, 0.717) is 19.3 Å². The Balaban J connectivity index is 1.73. The van der Waals surface area contributed by atoms with E-state index in [2.05, 4.69) is 35.9 Å². The zero-order valence-corrected chi connectivity index (χ0v) is 13.8. The Kier molecular flexibility index (Phi) is 4.03. The van der Waals surface area contributed by atoms with Gasteiger partial charge in [-0.3, -0.25) is 9.88 Å². The van der Waals surface area contributed by atoms with Crippen LogP contribution in [0.3, 0.4) is 0 Å². The van der Waals surface area contributed by atoms with Gasteiger partial charge in [0.1, 0.15) is 5.60 Å². The fourth-order valence-corrected chi connectivity index (χ4v) is 4.60. The number of rotatable bonds is 3. The summed E-state index contributed by atoms with van der Waals surface area (Å²) in [6.07, 6.45) is 2.71. The van der Waals surface area contributed by atoms with Crippen molar-refractivity contribution in [1.29, 1.82) is 0 Å². The highest BCUT2D eigenvalue weighted by Crippen LogP contribution is 2.47. The number of ether oxygens (including phenoxy) is 1. The molecule has 1 aromatic heterocycles. The molecule has 0 amide bonds. The molecule has 116 valence electrons. The molecule has 2 fully saturated rings. The molecule has 0 saturated carbocycles.